The molecule has 0 unspecified atom stereocenters. The van der Waals surface area contributed by atoms with Crippen molar-refractivity contribution in [2.75, 3.05) is 4.90 Å². The first-order chi connectivity index (χ1) is 29.8. The van der Waals surface area contributed by atoms with Gasteiger partial charge < -0.3 is 4.90 Å². The highest BCUT2D eigenvalue weighted by atomic mass is 15.1. The molecule has 0 N–H and O–H groups in total. The standard InChI is InChI=1S/C60H47N/c1-59(2)54-26-13-10-21-48(54)50-38-37-45(39-56(50)59)61(57-28-15-12-23-51(57)53-25-16-24-52-49-22-11-14-27-55(49)60(3,4)58(52)53)44-35-33-43(34-36-44)47-20-9-8-19-46(47)42-31-29-41(30-32-42)40-17-6-5-7-18-40/h5-39H,1-4H3. The summed E-state index contributed by atoms with van der Waals surface area (Å²) in [6.07, 6.45) is 0. The smallest absolute Gasteiger partial charge is 0.0540 e. The third-order valence-electron chi connectivity index (χ3n) is 13.5. The fraction of sp³-hybridized carbons (Fsp3) is 0.100. The summed E-state index contributed by atoms with van der Waals surface area (Å²) in [6, 6.07) is 78.4. The van der Waals surface area contributed by atoms with E-state index in [9.17, 15) is 0 Å². The topological polar surface area (TPSA) is 3.24 Å². The van der Waals surface area contributed by atoms with Crippen molar-refractivity contribution in [1.29, 1.82) is 0 Å². The predicted molar refractivity (Wildman–Crippen MR) is 258 cm³/mol. The number of anilines is 3. The average molecular weight is 782 g/mol. The zero-order valence-corrected chi connectivity index (χ0v) is 35.2. The second kappa shape index (κ2) is 14.2. The molecule has 0 radical (unpaired) electrons. The van der Waals surface area contributed by atoms with Gasteiger partial charge in [0.1, 0.15) is 0 Å². The summed E-state index contributed by atoms with van der Waals surface area (Å²) in [5.74, 6) is 0. The second-order valence-corrected chi connectivity index (χ2v) is 17.7. The first-order valence-electron chi connectivity index (χ1n) is 21.5. The Morgan fingerprint density at radius 3 is 1.36 bits per heavy atom. The Labute approximate surface area is 360 Å². The van der Waals surface area contributed by atoms with Gasteiger partial charge in [-0.15, -0.1) is 0 Å². The maximum absolute atomic E-state index is 2.49. The lowest BCUT2D eigenvalue weighted by atomic mass is 9.78. The van der Waals surface area contributed by atoms with Crippen LogP contribution in [0.25, 0.3) is 66.8 Å². The lowest BCUT2D eigenvalue weighted by molar-refractivity contribution is 0.660. The molecule has 0 aliphatic heterocycles. The molecule has 0 aromatic heterocycles. The van der Waals surface area contributed by atoms with Crippen LogP contribution in [0.2, 0.25) is 0 Å². The highest BCUT2D eigenvalue weighted by molar-refractivity contribution is 5.96. The van der Waals surface area contributed by atoms with Crippen LogP contribution in [0.3, 0.4) is 0 Å². The van der Waals surface area contributed by atoms with Crippen LogP contribution < -0.4 is 4.90 Å². The Kier molecular flexibility index (Phi) is 8.58. The van der Waals surface area contributed by atoms with E-state index in [1.165, 1.54) is 89.0 Å². The number of benzene rings is 9. The second-order valence-electron chi connectivity index (χ2n) is 17.7. The molecule has 2 aliphatic rings. The minimum atomic E-state index is -0.152. The van der Waals surface area contributed by atoms with E-state index in [1.807, 2.05) is 0 Å². The van der Waals surface area contributed by atoms with Crippen LogP contribution in [0, 0.1) is 0 Å². The van der Waals surface area contributed by atoms with Gasteiger partial charge in [-0.1, -0.05) is 210 Å². The van der Waals surface area contributed by atoms with Crippen LogP contribution in [0.4, 0.5) is 17.1 Å². The molecule has 0 heterocycles. The molecule has 0 fully saturated rings. The first kappa shape index (κ1) is 36.8. The summed E-state index contributed by atoms with van der Waals surface area (Å²) < 4.78 is 0. The molecule has 2 aliphatic carbocycles. The number of hydrogen-bond donors (Lipinski definition) is 0. The quantitative estimate of drug-likeness (QED) is 0.156. The van der Waals surface area contributed by atoms with Crippen molar-refractivity contribution >= 4 is 17.1 Å². The van der Waals surface area contributed by atoms with E-state index >= 15 is 0 Å². The third-order valence-corrected chi connectivity index (χ3v) is 13.5. The van der Waals surface area contributed by atoms with Gasteiger partial charge in [0, 0.05) is 27.8 Å². The van der Waals surface area contributed by atoms with Gasteiger partial charge in [0.15, 0.2) is 0 Å². The van der Waals surface area contributed by atoms with Crippen molar-refractivity contribution in [1.82, 2.24) is 0 Å². The van der Waals surface area contributed by atoms with Crippen LogP contribution in [0.15, 0.2) is 212 Å². The molecule has 61 heavy (non-hydrogen) atoms. The third kappa shape index (κ3) is 5.91. The molecule has 0 spiro atoms. The molecule has 0 bridgehead atoms. The number of para-hydroxylation sites is 1. The van der Waals surface area contributed by atoms with Crippen molar-refractivity contribution in [2.45, 2.75) is 38.5 Å². The molecule has 0 saturated carbocycles. The van der Waals surface area contributed by atoms with Gasteiger partial charge in [-0.05, 0) is 114 Å². The van der Waals surface area contributed by atoms with Gasteiger partial charge in [0.25, 0.3) is 0 Å². The van der Waals surface area contributed by atoms with Gasteiger partial charge in [0.2, 0.25) is 0 Å². The van der Waals surface area contributed by atoms with Crippen molar-refractivity contribution < 1.29 is 0 Å². The van der Waals surface area contributed by atoms with Crippen LogP contribution >= 0.6 is 0 Å². The fourth-order valence-electron chi connectivity index (χ4n) is 10.5. The van der Waals surface area contributed by atoms with Gasteiger partial charge in [-0.2, -0.15) is 0 Å². The van der Waals surface area contributed by atoms with E-state index in [0.717, 1.165) is 17.1 Å². The van der Waals surface area contributed by atoms with Gasteiger partial charge in [-0.25, -0.2) is 0 Å². The Hall–Kier alpha value is -7.22. The number of hydrogen-bond acceptors (Lipinski definition) is 1. The van der Waals surface area contributed by atoms with Crippen LogP contribution in [0.1, 0.15) is 49.9 Å². The van der Waals surface area contributed by atoms with Crippen molar-refractivity contribution in [3.8, 4) is 66.8 Å². The zero-order valence-electron chi connectivity index (χ0n) is 35.2. The summed E-state index contributed by atoms with van der Waals surface area (Å²) in [5.41, 5.74) is 23.7. The van der Waals surface area contributed by atoms with Gasteiger partial charge in [-0.3, -0.25) is 0 Å². The van der Waals surface area contributed by atoms with E-state index in [2.05, 4.69) is 245 Å². The number of fused-ring (bicyclic) bond motifs is 6. The largest absolute Gasteiger partial charge is 0.310 e. The van der Waals surface area contributed by atoms with E-state index in [4.69, 9.17) is 0 Å². The molecule has 11 rings (SSSR count). The Morgan fingerprint density at radius 1 is 0.279 bits per heavy atom. The Bertz CT molecular complexity index is 3110. The van der Waals surface area contributed by atoms with E-state index < -0.39 is 0 Å². The molecule has 0 saturated heterocycles. The van der Waals surface area contributed by atoms with Crippen molar-refractivity contribution in [3.05, 3.63) is 235 Å². The Morgan fingerprint density at radius 2 is 0.705 bits per heavy atom. The fourth-order valence-corrected chi connectivity index (χ4v) is 10.5. The maximum atomic E-state index is 2.49. The molecular weight excluding hydrogens is 735 g/mol. The summed E-state index contributed by atoms with van der Waals surface area (Å²) in [6.45, 7) is 9.51. The molecule has 9 aromatic rings. The molecular formula is C60H47N. The van der Waals surface area contributed by atoms with Crippen molar-refractivity contribution in [3.63, 3.8) is 0 Å². The lowest BCUT2D eigenvalue weighted by Crippen LogP contribution is -2.18. The summed E-state index contributed by atoms with van der Waals surface area (Å²) in [7, 11) is 0. The first-order valence-corrected chi connectivity index (χ1v) is 21.5. The van der Waals surface area contributed by atoms with Gasteiger partial charge >= 0.3 is 0 Å². The van der Waals surface area contributed by atoms with E-state index in [-0.39, 0.29) is 10.8 Å². The molecule has 0 atom stereocenters. The lowest BCUT2D eigenvalue weighted by Gasteiger charge is -2.31. The number of rotatable bonds is 7. The Balaban J connectivity index is 1.05. The van der Waals surface area contributed by atoms with Crippen molar-refractivity contribution in [2.24, 2.45) is 0 Å². The molecule has 0 amide bonds. The minimum absolute atomic E-state index is 0.129. The highest BCUT2D eigenvalue weighted by Gasteiger charge is 2.39. The summed E-state index contributed by atoms with van der Waals surface area (Å²) in [5, 5.41) is 0. The van der Waals surface area contributed by atoms with Crippen LogP contribution in [-0.2, 0) is 10.8 Å². The molecule has 9 aromatic carbocycles. The predicted octanol–water partition coefficient (Wildman–Crippen LogP) is 16.4. The molecule has 1 heteroatoms. The summed E-state index contributed by atoms with van der Waals surface area (Å²) in [4.78, 5) is 2.49. The average Bonchev–Trinajstić information content (AvgIpc) is 3.69. The minimum Gasteiger partial charge on any atom is -0.310 e. The maximum Gasteiger partial charge on any atom is 0.0540 e. The van der Waals surface area contributed by atoms with Gasteiger partial charge in [0.05, 0.1) is 5.69 Å². The normalized spacial score (nSPS) is 13.8. The summed E-state index contributed by atoms with van der Waals surface area (Å²) >= 11 is 0. The zero-order chi connectivity index (χ0) is 41.3. The highest BCUT2D eigenvalue weighted by Crippen LogP contribution is 2.55. The SMILES string of the molecule is CC1(C)c2ccccc2-c2ccc(N(c3ccc(-c4ccccc4-c4ccc(-c5ccccc5)cc4)cc3)c3ccccc3-c3cccc4c3C(C)(C)c3ccccc3-4)cc21. The monoisotopic (exact) mass is 781 g/mol. The molecule has 292 valence electrons. The van der Waals surface area contributed by atoms with Crippen LogP contribution in [-0.4, -0.2) is 0 Å². The van der Waals surface area contributed by atoms with E-state index in [0.29, 0.717) is 0 Å². The van der Waals surface area contributed by atoms with Crippen LogP contribution in [0.5, 0.6) is 0 Å². The van der Waals surface area contributed by atoms with E-state index in [1.54, 1.807) is 0 Å². The number of nitrogens with zero attached hydrogens (tertiary/aromatic N) is 1. The molecule has 1 nitrogen and oxygen atoms in total.